The van der Waals surface area contributed by atoms with E-state index in [-0.39, 0.29) is 18.3 Å². The van der Waals surface area contributed by atoms with Gasteiger partial charge >= 0.3 is 0 Å². The van der Waals surface area contributed by atoms with Crippen LogP contribution in [0, 0.1) is 0 Å². The average Bonchev–Trinajstić information content (AvgIpc) is 3.15. The van der Waals surface area contributed by atoms with Crippen LogP contribution in [0.2, 0.25) is 13.1 Å². The fraction of sp³-hybridized carbons (Fsp3) is 0.706. The van der Waals surface area contributed by atoms with Crippen LogP contribution in [0.5, 0.6) is 0 Å². The van der Waals surface area contributed by atoms with Crippen molar-refractivity contribution in [3.63, 3.8) is 0 Å². The van der Waals surface area contributed by atoms with Crippen LogP contribution in [0.4, 0.5) is 5.82 Å². The summed E-state index contributed by atoms with van der Waals surface area (Å²) >= 11 is 2.27. The molecule has 3 atom stereocenters. The van der Waals surface area contributed by atoms with Gasteiger partial charge in [-0.15, -0.1) is 0 Å². The number of fused-ring (bicyclic) bond motifs is 1. The lowest BCUT2D eigenvalue weighted by molar-refractivity contribution is -0.162. The van der Waals surface area contributed by atoms with Crippen molar-refractivity contribution < 1.29 is 14.6 Å². The lowest BCUT2D eigenvalue weighted by atomic mass is 9.98. The Morgan fingerprint density at radius 3 is 2.67 bits per heavy atom. The third-order valence-corrected chi connectivity index (χ3v) is 8.34. The van der Waals surface area contributed by atoms with Gasteiger partial charge in [0.1, 0.15) is 31.6 Å². The molecule has 2 aromatic heterocycles. The van der Waals surface area contributed by atoms with Crippen LogP contribution in [-0.2, 0) is 14.8 Å². The second kappa shape index (κ2) is 7.21. The van der Waals surface area contributed by atoms with E-state index < -0.39 is 19.7 Å². The molecule has 10 heteroatoms. The maximum Gasteiger partial charge on any atom is 0.167 e. The Hall–Kier alpha value is -0.823. The SMILES string of the molecule is C[Si](C)[C@]1(n2cnc3c(N)ncnc32)C[C@H](OC(C)(C)C)[C@](CO)(CI)O1. The quantitative estimate of drug-likeness (QED) is 0.365. The molecule has 1 aliphatic rings. The van der Waals surface area contributed by atoms with Crippen molar-refractivity contribution >= 4 is 48.4 Å². The van der Waals surface area contributed by atoms with E-state index >= 15 is 0 Å². The van der Waals surface area contributed by atoms with Crippen molar-refractivity contribution in [1.82, 2.24) is 19.5 Å². The third kappa shape index (κ3) is 3.50. The minimum atomic E-state index is -1.07. The van der Waals surface area contributed by atoms with Crippen LogP contribution >= 0.6 is 22.6 Å². The zero-order valence-electron chi connectivity index (χ0n) is 16.4. The van der Waals surface area contributed by atoms with Crippen molar-refractivity contribution in [1.29, 1.82) is 0 Å². The molecule has 3 N–H and O–H groups in total. The number of imidazole rings is 1. The van der Waals surface area contributed by atoms with E-state index in [0.29, 0.717) is 27.8 Å². The van der Waals surface area contributed by atoms with Crippen molar-refractivity contribution in [2.75, 3.05) is 16.8 Å². The molecule has 3 heterocycles. The predicted octanol–water partition coefficient (Wildman–Crippen LogP) is 2.12. The van der Waals surface area contributed by atoms with Gasteiger partial charge in [0.15, 0.2) is 11.5 Å². The van der Waals surface area contributed by atoms with Gasteiger partial charge in [-0.3, -0.25) is 4.57 Å². The number of ether oxygens (including phenoxy) is 2. The van der Waals surface area contributed by atoms with Crippen LogP contribution in [-0.4, -0.2) is 61.8 Å². The molecule has 0 aliphatic carbocycles. The summed E-state index contributed by atoms with van der Waals surface area (Å²) in [5.41, 5.74) is 6.05. The highest BCUT2D eigenvalue weighted by molar-refractivity contribution is 14.1. The molecule has 8 nitrogen and oxygen atoms in total. The lowest BCUT2D eigenvalue weighted by Crippen LogP contribution is -2.51. The molecular formula is C17H27IN5O3Si. The number of rotatable bonds is 5. The van der Waals surface area contributed by atoms with E-state index in [4.69, 9.17) is 15.2 Å². The Morgan fingerprint density at radius 2 is 2.11 bits per heavy atom. The Balaban J connectivity index is 2.15. The molecule has 1 aliphatic heterocycles. The van der Waals surface area contributed by atoms with Crippen LogP contribution in [0.3, 0.4) is 0 Å². The molecule has 0 spiro atoms. The van der Waals surface area contributed by atoms with E-state index in [1.165, 1.54) is 6.33 Å². The lowest BCUT2D eigenvalue weighted by Gasteiger charge is -2.37. The number of aliphatic hydroxyl groups excluding tert-OH is 1. The number of halogens is 1. The third-order valence-electron chi connectivity index (χ3n) is 4.94. The highest BCUT2D eigenvalue weighted by atomic mass is 127. The number of nitrogens with zero attached hydrogens (tertiary/aromatic N) is 4. The van der Waals surface area contributed by atoms with Gasteiger partial charge in [0.05, 0.1) is 24.6 Å². The zero-order valence-corrected chi connectivity index (χ0v) is 19.5. The number of anilines is 1. The molecule has 1 saturated heterocycles. The van der Waals surface area contributed by atoms with Crippen LogP contribution in [0.1, 0.15) is 27.2 Å². The standard InChI is InChI=1S/C17H27IN5O3Si/c1-15(2,3)25-11-6-17(27(4)5,26-16(11,7-18)8-24)23-10-22-12-13(19)20-9-21-14(12)23/h9-11,24H,6-8H2,1-5H3,(H2,19,20,21)/t11-,16+,17-/m0/s1. The maximum absolute atomic E-state index is 10.3. The molecule has 0 saturated carbocycles. The number of aromatic nitrogens is 4. The topological polar surface area (TPSA) is 108 Å². The molecule has 0 unspecified atom stereocenters. The first-order valence-electron chi connectivity index (χ1n) is 8.88. The molecule has 1 radical (unpaired) electrons. The van der Waals surface area contributed by atoms with Gasteiger partial charge in [-0.2, -0.15) is 0 Å². The summed E-state index contributed by atoms with van der Waals surface area (Å²) < 4.78 is 15.7. The molecule has 2 aromatic rings. The summed E-state index contributed by atoms with van der Waals surface area (Å²) in [6, 6.07) is 0. The smallest absolute Gasteiger partial charge is 0.167 e. The fourth-order valence-electron chi connectivity index (χ4n) is 3.56. The number of aliphatic hydroxyl groups is 1. The second-order valence-corrected chi connectivity index (χ2v) is 11.8. The summed E-state index contributed by atoms with van der Waals surface area (Å²) in [5.74, 6) is 0.345. The van der Waals surface area contributed by atoms with Crippen molar-refractivity contribution in [2.45, 2.75) is 62.9 Å². The minimum absolute atomic E-state index is 0.114. The number of alkyl halides is 1. The molecule has 0 bridgehead atoms. The first kappa shape index (κ1) is 20.9. The van der Waals surface area contributed by atoms with Crippen LogP contribution < -0.4 is 5.73 Å². The number of hydrogen-bond donors (Lipinski definition) is 2. The van der Waals surface area contributed by atoms with E-state index in [1.54, 1.807) is 6.33 Å². The van der Waals surface area contributed by atoms with Gasteiger partial charge in [0.25, 0.3) is 0 Å². The molecular weight excluding hydrogens is 477 g/mol. The highest BCUT2D eigenvalue weighted by Gasteiger charge is 2.59. The number of nitrogen functional groups attached to an aromatic ring is 1. The van der Waals surface area contributed by atoms with E-state index in [1.807, 2.05) is 25.3 Å². The maximum atomic E-state index is 10.3. The van der Waals surface area contributed by atoms with Crippen molar-refractivity contribution in [3.8, 4) is 0 Å². The van der Waals surface area contributed by atoms with Crippen molar-refractivity contribution in [3.05, 3.63) is 12.7 Å². The monoisotopic (exact) mass is 504 g/mol. The minimum Gasteiger partial charge on any atom is -0.393 e. The molecule has 3 rings (SSSR count). The average molecular weight is 504 g/mol. The van der Waals surface area contributed by atoms with Gasteiger partial charge in [0.2, 0.25) is 0 Å². The first-order valence-corrected chi connectivity index (χ1v) is 12.9. The van der Waals surface area contributed by atoms with E-state index in [2.05, 4.69) is 50.6 Å². The van der Waals surface area contributed by atoms with E-state index in [9.17, 15) is 5.11 Å². The van der Waals surface area contributed by atoms with Crippen LogP contribution in [0.15, 0.2) is 12.7 Å². The van der Waals surface area contributed by atoms with Gasteiger partial charge in [0, 0.05) is 10.8 Å². The first-order chi connectivity index (χ1) is 12.6. The van der Waals surface area contributed by atoms with E-state index in [0.717, 1.165) is 0 Å². The Morgan fingerprint density at radius 1 is 1.41 bits per heavy atom. The van der Waals surface area contributed by atoms with Gasteiger partial charge in [-0.1, -0.05) is 35.7 Å². The molecule has 149 valence electrons. The summed E-state index contributed by atoms with van der Waals surface area (Å²) in [7, 11) is -1.07. The van der Waals surface area contributed by atoms with Gasteiger partial charge in [-0.05, 0) is 20.8 Å². The fourth-order valence-corrected chi connectivity index (χ4v) is 6.09. The number of hydrogen-bond acceptors (Lipinski definition) is 7. The van der Waals surface area contributed by atoms with Gasteiger partial charge < -0.3 is 20.3 Å². The van der Waals surface area contributed by atoms with Gasteiger partial charge in [-0.25, -0.2) is 15.0 Å². The Kier molecular flexibility index (Phi) is 5.58. The normalized spacial score (nSPS) is 29.1. The number of nitrogens with two attached hydrogens (primary N) is 1. The summed E-state index contributed by atoms with van der Waals surface area (Å²) in [5, 5.41) is 9.62. The summed E-state index contributed by atoms with van der Waals surface area (Å²) in [6.07, 6.45) is 3.53. The summed E-state index contributed by atoms with van der Waals surface area (Å²) in [4.78, 5) is 12.9. The highest BCUT2D eigenvalue weighted by Crippen LogP contribution is 2.47. The Labute approximate surface area is 174 Å². The molecule has 0 amide bonds. The van der Waals surface area contributed by atoms with Crippen molar-refractivity contribution in [2.24, 2.45) is 0 Å². The second-order valence-electron chi connectivity index (χ2n) is 8.21. The molecule has 27 heavy (non-hydrogen) atoms. The largest absolute Gasteiger partial charge is 0.393 e. The predicted molar refractivity (Wildman–Crippen MR) is 114 cm³/mol. The zero-order chi connectivity index (χ0) is 20.0. The Bertz CT molecular complexity index is 820. The van der Waals surface area contributed by atoms with Crippen LogP contribution in [0.25, 0.3) is 11.2 Å². The molecule has 0 aromatic carbocycles. The molecule has 1 fully saturated rings. The summed E-state index contributed by atoms with van der Waals surface area (Å²) in [6.45, 7) is 10.3.